The maximum atomic E-state index is 12.5. The molecule has 128 valence electrons. The number of amides is 1. The minimum Gasteiger partial charge on any atom is -0.495 e. The van der Waals surface area contributed by atoms with E-state index in [1.165, 1.54) is 25.3 Å². The molecule has 0 fully saturated rings. The number of para-hydroxylation sites is 1. The van der Waals surface area contributed by atoms with Gasteiger partial charge in [0.1, 0.15) is 10.6 Å². The van der Waals surface area contributed by atoms with E-state index in [9.17, 15) is 13.2 Å². The van der Waals surface area contributed by atoms with Crippen molar-refractivity contribution in [1.29, 1.82) is 0 Å². The van der Waals surface area contributed by atoms with Crippen molar-refractivity contribution in [3.05, 3.63) is 53.1 Å². The Morgan fingerprint density at radius 2 is 1.96 bits per heavy atom. The van der Waals surface area contributed by atoms with E-state index in [2.05, 4.69) is 5.32 Å². The molecule has 2 aromatic rings. The molecule has 0 bridgehead atoms. The van der Waals surface area contributed by atoms with Crippen LogP contribution in [0.1, 0.15) is 28.4 Å². The van der Waals surface area contributed by atoms with Crippen LogP contribution in [0.4, 0.5) is 5.69 Å². The number of nitrogens with one attached hydrogen (secondary N) is 1. The zero-order valence-electron chi connectivity index (χ0n) is 13.8. The SMILES string of the molecule is CCc1cccc(C)c1NC(=O)c1ccc(OC)c(S(N)(=O)=O)c1. The Morgan fingerprint density at radius 1 is 1.25 bits per heavy atom. The molecule has 0 aliphatic heterocycles. The van der Waals surface area contributed by atoms with Gasteiger partial charge in [0, 0.05) is 11.3 Å². The second-order valence-electron chi connectivity index (χ2n) is 5.33. The van der Waals surface area contributed by atoms with Gasteiger partial charge in [-0.2, -0.15) is 0 Å². The van der Waals surface area contributed by atoms with Gasteiger partial charge >= 0.3 is 0 Å². The van der Waals surface area contributed by atoms with Crippen molar-refractivity contribution >= 4 is 21.6 Å². The van der Waals surface area contributed by atoms with Gasteiger partial charge in [0.15, 0.2) is 0 Å². The highest BCUT2D eigenvalue weighted by Crippen LogP contribution is 2.26. The molecule has 7 heteroatoms. The number of hydrogen-bond donors (Lipinski definition) is 2. The second kappa shape index (κ2) is 7.02. The fourth-order valence-corrected chi connectivity index (χ4v) is 3.15. The molecule has 0 aliphatic rings. The summed E-state index contributed by atoms with van der Waals surface area (Å²) in [5.41, 5.74) is 2.86. The van der Waals surface area contributed by atoms with Gasteiger partial charge in [0.25, 0.3) is 5.91 Å². The fourth-order valence-electron chi connectivity index (χ4n) is 2.43. The number of methoxy groups -OCH3 is 1. The zero-order chi connectivity index (χ0) is 17.9. The van der Waals surface area contributed by atoms with Gasteiger partial charge in [0.2, 0.25) is 10.0 Å². The van der Waals surface area contributed by atoms with Gasteiger partial charge in [-0.05, 0) is 42.7 Å². The summed E-state index contributed by atoms with van der Waals surface area (Å²) in [5.74, 6) is -0.314. The minimum absolute atomic E-state index is 0.0965. The predicted molar refractivity (Wildman–Crippen MR) is 92.9 cm³/mol. The summed E-state index contributed by atoms with van der Waals surface area (Å²) >= 11 is 0. The number of benzene rings is 2. The molecule has 0 radical (unpaired) electrons. The van der Waals surface area contributed by atoms with Crippen molar-refractivity contribution in [1.82, 2.24) is 0 Å². The Morgan fingerprint density at radius 3 is 2.54 bits per heavy atom. The third-order valence-electron chi connectivity index (χ3n) is 3.71. The minimum atomic E-state index is -4.00. The highest BCUT2D eigenvalue weighted by atomic mass is 32.2. The first kappa shape index (κ1) is 18.0. The predicted octanol–water partition coefficient (Wildman–Crippen LogP) is 2.47. The maximum absolute atomic E-state index is 12.5. The quantitative estimate of drug-likeness (QED) is 0.867. The maximum Gasteiger partial charge on any atom is 0.255 e. The van der Waals surface area contributed by atoms with Crippen LogP contribution in [0.2, 0.25) is 0 Å². The van der Waals surface area contributed by atoms with E-state index in [-0.39, 0.29) is 16.2 Å². The molecule has 6 nitrogen and oxygen atoms in total. The number of sulfonamides is 1. The number of aryl methyl sites for hydroxylation is 2. The van der Waals surface area contributed by atoms with Crippen LogP contribution >= 0.6 is 0 Å². The van der Waals surface area contributed by atoms with Crippen molar-refractivity contribution < 1.29 is 17.9 Å². The number of rotatable bonds is 5. The average molecular weight is 348 g/mol. The Labute approximate surface area is 141 Å². The van der Waals surface area contributed by atoms with Crippen molar-refractivity contribution in [2.45, 2.75) is 25.2 Å². The van der Waals surface area contributed by atoms with Gasteiger partial charge in [-0.1, -0.05) is 25.1 Å². The molecule has 2 aromatic carbocycles. The first-order valence-electron chi connectivity index (χ1n) is 7.38. The summed E-state index contributed by atoms with van der Waals surface area (Å²) in [5, 5.41) is 8.03. The van der Waals surface area contributed by atoms with Crippen molar-refractivity contribution in [2.75, 3.05) is 12.4 Å². The van der Waals surface area contributed by atoms with Gasteiger partial charge in [-0.15, -0.1) is 0 Å². The number of ether oxygens (including phenoxy) is 1. The van der Waals surface area contributed by atoms with Gasteiger partial charge in [-0.3, -0.25) is 4.79 Å². The molecule has 0 aliphatic carbocycles. The van der Waals surface area contributed by atoms with E-state index in [0.717, 1.165) is 23.2 Å². The van der Waals surface area contributed by atoms with Crippen molar-refractivity contribution in [3.63, 3.8) is 0 Å². The number of carbonyl (C=O) groups is 1. The van der Waals surface area contributed by atoms with Crippen molar-refractivity contribution in [3.8, 4) is 5.75 Å². The molecule has 0 saturated heterocycles. The summed E-state index contributed by atoms with van der Waals surface area (Å²) in [6.45, 7) is 3.90. The van der Waals surface area contributed by atoms with Crippen LogP contribution in [0.3, 0.4) is 0 Å². The van der Waals surface area contributed by atoms with Crippen LogP contribution in [-0.2, 0) is 16.4 Å². The molecule has 2 rings (SSSR count). The standard InChI is InChI=1S/C17H20N2O4S/c1-4-12-7-5-6-11(2)16(12)19-17(20)13-8-9-14(23-3)15(10-13)24(18,21)22/h5-10H,4H2,1-3H3,(H,19,20)(H2,18,21,22). The molecule has 0 aromatic heterocycles. The van der Waals surface area contributed by atoms with Crippen LogP contribution in [0.5, 0.6) is 5.75 Å². The Kier molecular flexibility index (Phi) is 5.26. The third-order valence-corrected chi connectivity index (χ3v) is 4.64. The number of carbonyl (C=O) groups excluding carboxylic acids is 1. The normalized spacial score (nSPS) is 11.2. The lowest BCUT2D eigenvalue weighted by atomic mass is 10.1. The topological polar surface area (TPSA) is 98.5 Å². The highest BCUT2D eigenvalue weighted by Gasteiger charge is 2.19. The van der Waals surface area contributed by atoms with Crippen LogP contribution in [0.25, 0.3) is 0 Å². The molecular weight excluding hydrogens is 328 g/mol. The van der Waals surface area contributed by atoms with E-state index >= 15 is 0 Å². The number of anilines is 1. The molecule has 1 amide bonds. The highest BCUT2D eigenvalue weighted by molar-refractivity contribution is 7.89. The number of primary sulfonamides is 1. The first-order chi connectivity index (χ1) is 11.3. The van der Waals surface area contributed by atoms with Gasteiger partial charge in [-0.25, -0.2) is 13.6 Å². The monoisotopic (exact) mass is 348 g/mol. The Bertz CT molecular complexity index is 876. The summed E-state index contributed by atoms with van der Waals surface area (Å²) < 4.78 is 28.3. The van der Waals surface area contributed by atoms with E-state index in [4.69, 9.17) is 9.88 Å². The smallest absolute Gasteiger partial charge is 0.255 e. The molecule has 3 N–H and O–H groups in total. The lowest BCUT2D eigenvalue weighted by Crippen LogP contribution is -2.17. The molecule has 0 unspecified atom stereocenters. The summed E-state index contributed by atoms with van der Waals surface area (Å²) in [6, 6.07) is 9.88. The van der Waals surface area contributed by atoms with Crippen LogP contribution in [-0.4, -0.2) is 21.4 Å². The van der Waals surface area contributed by atoms with Crippen LogP contribution in [0.15, 0.2) is 41.3 Å². The molecular formula is C17H20N2O4S. The average Bonchev–Trinajstić information content (AvgIpc) is 2.55. The second-order valence-corrected chi connectivity index (χ2v) is 6.86. The van der Waals surface area contributed by atoms with E-state index in [1.54, 1.807) is 0 Å². The summed E-state index contributed by atoms with van der Waals surface area (Å²) in [4.78, 5) is 12.3. The Balaban J connectivity index is 2.42. The van der Waals surface area contributed by atoms with Crippen molar-refractivity contribution in [2.24, 2.45) is 5.14 Å². The van der Waals surface area contributed by atoms with Gasteiger partial charge < -0.3 is 10.1 Å². The largest absolute Gasteiger partial charge is 0.495 e. The first-order valence-corrected chi connectivity index (χ1v) is 8.93. The molecule has 24 heavy (non-hydrogen) atoms. The summed E-state index contributed by atoms with van der Waals surface area (Å²) in [6.07, 6.45) is 0.766. The van der Waals surface area contributed by atoms with Crippen LogP contribution < -0.4 is 15.2 Å². The third kappa shape index (κ3) is 3.74. The molecule has 0 saturated carbocycles. The van der Waals surface area contributed by atoms with E-state index in [1.807, 2.05) is 32.0 Å². The zero-order valence-corrected chi connectivity index (χ0v) is 14.6. The Hall–Kier alpha value is -2.38. The molecule has 0 atom stereocenters. The molecule has 0 spiro atoms. The summed E-state index contributed by atoms with van der Waals surface area (Å²) in [7, 11) is -2.66. The fraction of sp³-hybridized carbons (Fsp3) is 0.235. The molecule has 0 heterocycles. The van der Waals surface area contributed by atoms with E-state index < -0.39 is 15.9 Å². The lowest BCUT2D eigenvalue weighted by molar-refractivity contribution is 0.102. The van der Waals surface area contributed by atoms with Crippen LogP contribution in [0, 0.1) is 6.92 Å². The number of nitrogens with two attached hydrogens (primary N) is 1. The van der Waals surface area contributed by atoms with E-state index in [0.29, 0.717) is 0 Å². The number of hydrogen-bond acceptors (Lipinski definition) is 4. The van der Waals surface area contributed by atoms with Gasteiger partial charge in [0.05, 0.1) is 7.11 Å². The lowest BCUT2D eigenvalue weighted by Gasteiger charge is -2.14.